The van der Waals surface area contributed by atoms with Crippen LogP contribution < -0.4 is 0 Å². The summed E-state index contributed by atoms with van der Waals surface area (Å²) in [5, 5.41) is 9.66. The minimum Gasteiger partial charge on any atom is -0.477 e. The first-order valence-corrected chi connectivity index (χ1v) is 4.28. The van der Waals surface area contributed by atoms with E-state index in [0.29, 0.717) is 0 Å². The van der Waals surface area contributed by atoms with E-state index in [4.69, 9.17) is 5.11 Å². The van der Waals surface area contributed by atoms with Gasteiger partial charge in [0.15, 0.2) is 0 Å². The van der Waals surface area contributed by atoms with Gasteiger partial charge < -0.3 is 10.1 Å². The molecule has 0 radical (unpaired) electrons. The summed E-state index contributed by atoms with van der Waals surface area (Å²) in [6.07, 6.45) is 0. The maximum atomic E-state index is 10.7. The van der Waals surface area contributed by atoms with Gasteiger partial charge >= 0.3 is 5.97 Å². The number of hydrogen-bond donors (Lipinski definition) is 2. The lowest BCUT2D eigenvalue weighted by atomic mass is 10.2. The molecule has 0 fully saturated rings. The standard InChI is InChI=1S/C10H10N2O2/c1-5-3-8-7(6(2)11-5)4-9(12-8)10(13)14/h3-4,12H,1-2H3,(H,13,14). The number of hydrogen-bond acceptors (Lipinski definition) is 2. The maximum Gasteiger partial charge on any atom is 0.352 e. The van der Waals surface area contributed by atoms with Crippen molar-refractivity contribution in [3.05, 3.63) is 29.2 Å². The SMILES string of the molecule is Cc1cc2[nH]c(C(=O)O)cc2c(C)n1. The second-order valence-corrected chi connectivity index (χ2v) is 3.30. The molecule has 0 unspecified atom stereocenters. The van der Waals surface area contributed by atoms with Crippen LogP contribution in [0.15, 0.2) is 12.1 Å². The van der Waals surface area contributed by atoms with E-state index in [9.17, 15) is 4.79 Å². The molecule has 0 amide bonds. The largest absolute Gasteiger partial charge is 0.477 e. The number of carbonyl (C=O) groups is 1. The highest BCUT2D eigenvalue weighted by atomic mass is 16.4. The van der Waals surface area contributed by atoms with Gasteiger partial charge in [-0.2, -0.15) is 0 Å². The van der Waals surface area contributed by atoms with E-state index >= 15 is 0 Å². The topological polar surface area (TPSA) is 66.0 Å². The zero-order valence-electron chi connectivity index (χ0n) is 7.96. The normalized spacial score (nSPS) is 10.7. The summed E-state index contributed by atoms with van der Waals surface area (Å²) >= 11 is 0. The van der Waals surface area contributed by atoms with Crippen molar-refractivity contribution in [1.82, 2.24) is 9.97 Å². The van der Waals surface area contributed by atoms with E-state index in [-0.39, 0.29) is 5.69 Å². The Bertz CT molecular complexity index is 514. The molecule has 0 saturated carbocycles. The van der Waals surface area contributed by atoms with Crippen molar-refractivity contribution in [2.45, 2.75) is 13.8 Å². The van der Waals surface area contributed by atoms with Crippen LogP contribution >= 0.6 is 0 Å². The van der Waals surface area contributed by atoms with Gasteiger partial charge in [-0.25, -0.2) is 4.79 Å². The van der Waals surface area contributed by atoms with Gasteiger partial charge in [0.1, 0.15) is 5.69 Å². The fraction of sp³-hybridized carbons (Fsp3) is 0.200. The van der Waals surface area contributed by atoms with Crippen LogP contribution in [0.3, 0.4) is 0 Å². The molecule has 2 heterocycles. The molecule has 72 valence electrons. The summed E-state index contributed by atoms with van der Waals surface area (Å²) in [6, 6.07) is 3.45. The van der Waals surface area contributed by atoms with Crippen LogP contribution in [0.2, 0.25) is 0 Å². The van der Waals surface area contributed by atoms with Crippen molar-refractivity contribution in [3.8, 4) is 0 Å². The average molecular weight is 190 g/mol. The van der Waals surface area contributed by atoms with Crippen LogP contribution in [-0.2, 0) is 0 Å². The van der Waals surface area contributed by atoms with Crippen molar-refractivity contribution < 1.29 is 9.90 Å². The van der Waals surface area contributed by atoms with Gasteiger partial charge in [0.25, 0.3) is 0 Å². The van der Waals surface area contributed by atoms with Gasteiger partial charge in [-0.05, 0) is 26.0 Å². The van der Waals surface area contributed by atoms with Gasteiger partial charge in [0.05, 0.1) is 0 Å². The first-order valence-electron chi connectivity index (χ1n) is 4.28. The highest BCUT2D eigenvalue weighted by Gasteiger charge is 2.09. The molecular weight excluding hydrogens is 180 g/mol. The molecule has 0 aromatic carbocycles. The van der Waals surface area contributed by atoms with E-state index in [1.54, 1.807) is 6.07 Å². The van der Waals surface area contributed by atoms with E-state index in [1.165, 1.54) is 0 Å². The van der Waals surface area contributed by atoms with Crippen molar-refractivity contribution in [3.63, 3.8) is 0 Å². The molecule has 2 aromatic rings. The second kappa shape index (κ2) is 2.83. The number of rotatable bonds is 1. The number of aromatic carboxylic acids is 1. The van der Waals surface area contributed by atoms with Gasteiger partial charge in [0.2, 0.25) is 0 Å². The fourth-order valence-corrected chi connectivity index (χ4v) is 1.56. The van der Waals surface area contributed by atoms with Crippen LogP contribution in [0.4, 0.5) is 0 Å². The van der Waals surface area contributed by atoms with Gasteiger partial charge in [-0.3, -0.25) is 4.98 Å². The molecule has 4 nitrogen and oxygen atoms in total. The van der Waals surface area contributed by atoms with Gasteiger partial charge in [-0.1, -0.05) is 0 Å². The van der Waals surface area contributed by atoms with E-state index in [2.05, 4.69) is 9.97 Å². The van der Waals surface area contributed by atoms with Crippen molar-refractivity contribution in [2.24, 2.45) is 0 Å². The predicted molar refractivity (Wildman–Crippen MR) is 52.5 cm³/mol. The third kappa shape index (κ3) is 1.25. The van der Waals surface area contributed by atoms with E-state index in [1.807, 2.05) is 19.9 Å². The molecule has 0 atom stereocenters. The number of carboxylic acids is 1. The maximum absolute atomic E-state index is 10.7. The molecule has 14 heavy (non-hydrogen) atoms. The smallest absolute Gasteiger partial charge is 0.352 e. The molecule has 0 aliphatic rings. The number of nitrogens with one attached hydrogen (secondary N) is 1. The van der Waals surface area contributed by atoms with Crippen molar-refractivity contribution in [1.29, 1.82) is 0 Å². The lowest BCUT2D eigenvalue weighted by molar-refractivity contribution is 0.0691. The fourth-order valence-electron chi connectivity index (χ4n) is 1.56. The summed E-state index contributed by atoms with van der Waals surface area (Å²) in [5.74, 6) is -0.946. The molecular formula is C10H10N2O2. The molecule has 4 heteroatoms. The van der Waals surface area contributed by atoms with E-state index in [0.717, 1.165) is 22.3 Å². The number of H-pyrrole nitrogens is 1. The molecule has 2 rings (SSSR count). The first kappa shape index (κ1) is 8.74. The summed E-state index contributed by atoms with van der Waals surface area (Å²) in [4.78, 5) is 17.8. The summed E-state index contributed by atoms with van der Waals surface area (Å²) in [6.45, 7) is 3.75. The number of fused-ring (bicyclic) bond motifs is 1. The summed E-state index contributed by atoms with van der Waals surface area (Å²) in [5.41, 5.74) is 2.76. The zero-order chi connectivity index (χ0) is 10.3. The van der Waals surface area contributed by atoms with Gasteiger partial charge in [0, 0.05) is 22.3 Å². The Morgan fingerprint density at radius 2 is 2.14 bits per heavy atom. The molecule has 0 saturated heterocycles. The minimum absolute atomic E-state index is 0.204. The lowest BCUT2D eigenvalue weighted by Crippen LogP contribution is -1.94. The molecule has 2 N–H and O–H groups in total. The Hall–Kier alpha value is -1.84. The van der Waals surface area contributed by atoms with Gasteiger partial charge in [-0.15, -0.1) is 0 Å². The zero-order valence-corrected chi connectivity index (χ0v) is 7.96. The number of aromatic nitrogens is 2. The Kier molecular flexibility index (Phi) is 1.77. The number of pyridine rings is 1. The highest BCUT2D eigenvalue weighted by Crippen LogP contribution is 2.18. The van der Waals surface area contributed by atoms with Crippen LogP contribution in [0.25, 0.3) is 10.9 Å². The minimum atomic E-state index is -0.946. The highest BCUT2D eigenvalue weighted by molar-refractivity contribution is 5.94. The first-order chi connectivity index (χ1) is 6.58. The number of carboxylic acid groups (broad SMARTS) is 1. The van der Waals surface area contributed by atoms with Crippen LogP contribution in [0.1, 0.15) is 21.9 Å². The third-order valence-electron chi connectivity index (χ3n) is 2.17. The quantitative estimate of drug-likeness (QED) is 0.721. The van der Waals surface area contributed by atoms with Crippen LogP contribution in [-0.4, -0.2) is 21.0 Å². The Labute approximate surface area is 80.6 Å². The Morgan fingerprint density at radius 1 is 1.43 bits per heavy atom. The molecule has 0 aliphatic heterocycles. The van der Waals surface area contributed by atoms with Crippen molar-refractivity contribution >= 4 is 16.9 Å². The van der Waals surface area contributed by atoms with E-state index < -0.39 is 5.97 Å². The molecule has 0 bridgehead atoms. The monoisotopic (exact) mass is 190 g/mol. The second-order valence-electron chi connectivity index (χ2n) is 3.30. The Balaban J connectivity index is 2.76. The predicted octanol–water partition coefficient (Wildman–Crippen LogP) is 1.88. The lowest BCUT2D eigenvalue weighted by Gasteiger charge is -1.96. The number of aromatic amines is 1. The summed E-state index contributed by atoms with van der Waals surface area (Å²) in [7, 11) is 0. The average Bonchev–Trinajstić information content (AvgIpc) is 2.47. The number of nitrogens with zero attached hydrogens (tertiary/aromatic N) is 1. The molecule has 2 aromatic heterocycles. The van der Waals surface area contributed by atoms with Crippen molar-refractivity contribution in [2.75, 3.05) is 0 Å². The number of aryl methyl sites for hydroxylation is 2. The van der Waals surface area contributed by atoms with Crippen LogP contribution in [0, 0.1) is 13.8 Å². The molecule has 0 aliphatic carbocycles. The molecule has 0 spiro atoms. The Morgan fingerprint density at radius 3 is 2.79 bits per heavy atom. The van der Waals surface area contributed by atoms with Crippen LogP contribution in [0.5, 0.6) is 0 Å². The third-order valence-corrected chi connectivity index (χ3v) is 2.17. The summed E-state index contributed by atoms with van der Waals surface area (Å²) < 4.78 is 0.